The zero-order valence-electron chi connectivity index (χ0n) is 34.7. The molecule has 7 aromatic carbocycles. The van der Waals surface area contributed by atoms with Crippen LogP contribution in [-0.4, -0.2) is 18.0 Å². The van der Waals surface area contributed by atoms with Gasteiger partial charge in [0.1, 0.15) is 11.4 Å². The first-order valence-corrected chi connectivity index (χ1v) is 24.9. The molecule has 4 heterocycles. The van der Waals surface area contributed by atoms with Crippen molar-refractivity contribution in [2.24, 2.45) is 0 Å². The predicted molar refractivity (Wildman–Crippen MR) is 257 cm³/mol. The van der Waals surface area contributed by atoms with Gasteiger partial charge in [-0.25, -0.2) is 4.39 Å². The average molecular weight is 1020 g/mol. The van der Waals surface area contributed by atoms with Gasteiger partial charge in [-0.3, -0.25) is 0 Å². The second-order valence-electron chi connectivity index (χ2n) is 16.6. The molecule has 0 spiro atoms. The van der Waals surface area contributed by atoms with E-state index in [0.717, 1.165) is 33.3 Å². The number of benzene rings is 7. The molecule has 0 saturated carbocycles. The number of aromatic nitrogens is 2. The number of thiophene rings is 1. The van der Waals surface area contributed by atoms with Crippen LogP contribution in [0.15, 0.2) is 175 Å². The van der Waals surface area contributed by atoms with Gasteiger partial charge in [0.05, 0.1) is 13.7 Å². The van der Waals surface area contributed by atoms with Gasteiger partial charge in [0, 0.05) is 54.6 Å². The molecule has 11 aromatic rings. The van der Waals surface area contributed by atoms with E-state index in [-0.39, 0.29) is 25.9 Å². The third kappa shape index (κ3) is 7.94. The van der Waals surface area contributed by atoms with Crippen molar-refractivity contribution in [2.75, 3.05) is 0 Å². The number of furan rings is 1. The van der Waals surface area contributed by atoms with Gasteiger partial charge in [0.15, 0.2) is 0 Å². The third-order valence-electron chi connectivity index (χ3n) is 11.6. The van der Waals surface area contributed by atoms with E-state index in [1.54, 1.807) is 6.07 Å². The molecule has 11 rings (SSSR count). The number of fused-ring (bicyclic) bond motifs is 7. The van der Waals surface area contributed by atoms with E-state index in [0.29, 0.717) is 17.1 Å². The molecule has 0 bridgehead atoms. The Morgan fingerprint density at radius 2 is 1.45 bits per heavy atom. The van der Waals surface area contributed by atoms with Crippen LogP contribution in [0.25, 0.3) is 86.5 Å². The normalized spacial score (nSPS) is 12.1. The number of hydrogen-bond donors (Lipinski definition) is 0. The molecule has 0 amide bonds. The van der Waals surface area contributed by atoms with Crippen molar-refractivity contribution < 1.29 is 28.9 Å². The van der Waals surface area contributed by atoms with Crippen LogP contribution < -0.4 is 5.19 Å². The van der Waals surface area contributed by atoms with Crippen LogP contribution in [0.5, 0.6) is 0 Å². The quantitative estimate of drug-likeness (QED) is 0.123. The van der Waals surface area contributed by atoms with E-state index in [4.69, 9.17) is 9.40 Å². The van der Waals surface area contributed by atoms with E-state index in [9.17, 15) is 4.39 Å². The fourth-order valence-corrected chi connectivity index (χ4v) is 10.3. The van der Waals surface area contributed by atoms with E-state index < -0.39 is 8.07 Å². The van der Waals surface area contributed by atoms with Crippen molar-refractivity contribution in [3.05, 3.63) is 199 Å². The molecule has 1 unspecified atom stereocenters. The molecule has 305 valence electrons. The largest absolute Gasteiger partial charge is 0.500 e. The summed E-state index contributed by atoms with van der Waals surface area (Å²) in [4.78, 5) is 9.35. The first kappa shape index (κ1) is 41.3. The van der Waals surface area contributed by atoms with Gasteiger partial charge >= 0.3 is 0 Å². The maximum Gasteiger partial charge on any atom is 0.126 e. The number of nitrogens with zero attached hydrogens (tertiary/aromatic N) is 2. The van der Waals surface area contributed by atoms with E-state index >= 15 is 0 Å². The van der Waals surface area contributed by atoms with Crippen LogP contribution >= 0.6 is 11.3 Å². The maximum atomic E-state index is 13.5. The van der Waals surface area contributed by atoms with Crippen LogP contribution in [0, 0.1) is 17.9 Å². The fraction of sp³-hybridized carbons (Fsp3) is 0.0909. The number of hydrogen-bond acceptors (Lipinski definition) is 4. The summed E-state index contributed by atoms with van der Waals surface area (Å²) in [6.45, 7) is 9.14. The Balaban J connectivity index is 0.000000170. The minimum Gasteiger partial charge on any atom is -0.500 e. The van der Waals surface area contributed by atoms with Crippen molar-refractivity contribution in [2.45, 2.75) is 32.5 Å². The molecule has 0 N–H and O–H groups in total. The molecular formula is C55H41FIrN2OSSi-2. The zero-order chi connectivity index (χ0) is 41.7. The van der Waals surface area contributed by atoms with Crippen molar-refractivity contribution in [1.82, 2.24) is 9.97 Å². The molecule has 0 aliphatic heterocycles. The van der Waals surface area contributed by atoms with Crippen molar-refractivity contribution in [3.8, 4) is 33.6 Å². The molecule has 4 aromatic heterocycles. The van der Waals surface area contributed by atoms with Crippen molar-refractivity contribution in [3.63, 3.8) is 0 Å². The SMILES string of the molecule is CC(c1ccccc1)c1ccnc(-c2[c-]cc3sc4ccc(-c5cccc6ccccc56)cc4c3c2)c1.C[Si](C)(C)c1ccc(-c2[c-]ccc3c2oc2cc(F)ccc23)nc1.[Ir]. The summed E-state index contributed by atoms with van der Waals surface area (Å²) in [5.41, 5.74) is 9.96. The first-order chi connectivity index (χ1) is 29.7. The van der Waals surface area contributed by atoms with Gasteiger partial charge in [-0.2, -0.15) is 11.3 Å². The standard InChI is InChI=1S/C35H24NS.C20H17FNOSi.Ir/c1-23(24-8-3-2-4-9-24)26-18-19-36-33(22-26)28-15-17-35-32(21-28)31-20-27(14-16-34(31)37-35)30-13-7-11-25-10-5-6-12-29(25)30;1-24(2,3)14-8-10-18(22-12-14)17-6-4-5-16-15-9-7-13(21)11-19(15)23-20(16)17;/h2-14,16-23H,1H3;4-5,7-12H,1-3H3;/q2*-1;. The number of rotatable bonds is 6. The molecule has 0 aliphatic rings. The minimum absolute atomic E-state index is 0. The molecule has 3 nitrogen and oxygen atoms in total. The van der Waals surface area contributed by atoms with Crippen LogP contribution in [-0.2, 0) is 20.1 Å². The molecular weight excluding hydrogens is 976 g/mol. The van der Waals surface area contributed by atoms with E-state index in [1.807, 2.05) is 41.9 Å². The second kappa shape index (κ2) is 17.0. The molecule has 1 radical (unpaired) electrons. The van der Waals surface area contributed by atoms with Crippen LogP contribution in [0.4, 0.5) is 4.39 Å². The van der Waals surface area contributed by atoms with Crippen LogP contribution in [0.2, 0.25) is 19.6 Å². The average Bonchev–Trinajstić information content (AvgIpc) is 3.86. The van der Waals surface area contributed by atoms with E-state index in [1.165, 1.54) is 70.5 Å². The minimum atomic E-state index is -1.38. The fourth-order valence-electron chi connectivity index (χ4n) is 8.20. The van der Waals surface area contributed by atoms with Gasteiger partial charge < -0.3 is 14.4 Å². The summed E-state index contributed by atoms with van der Waals surface area (Å²) >= 11 is 1.83. The van der Waals surface area contributed by atoms with Gasteiger partial charge in [0.2, 0.25) is 0 Å². The summed E-state index contributed by atoms with van der Waals surface area (Å²) < 4.78 is 21.9. The maximum absolute atomic E-state index is 13.5. The van der Waals surface area contributed by atoms with Gasteiger partial charge in [-0.15, -0.1) is 42.0 Å². The summed E-state index contributed by atoms with van der Waals surface area (Å²) in [6, 6.07) is 60.7. The Morgan fingerprint density at radius 3 is 2.27 bits per heavy atom. The third-order valence-corrected chi connectivity index (χ3v) is 14.8. The van der Waals surface area contributed by atoms with Crippen LogP contribution in [0.1, 0.15) is 24.0 Å². The topological polar surface area (TPSA) is 38.9 Å². The van der Waals surface area contributed by atoms with Gasteiger partial charge in [-0.1, -0.05) is 140 Å². The Morgan fingerprint density at radius 1 is 0.645 bits per heavy atom. The second-order valence-corrected chi connectivity index (χ2v) is 22.8. The van der Waals surface area contributed by atoms with Gasteiger partial charge in [-0.05, 0) is 90.0 Å². The van der Waals surface area contributed by atoms with Gasteiger partial charge in [0.25, 0.3) is 0 Å². The Bertz CT molecular complexity index is 3390. The molecule has 62 heavy (non-hydrogen) atoms. The number of pyridine rings is 2. The first-order valence-electron chi connectivity index (χ1n) is 20.5. The number of halogens is 1. The predicted octanol–water partition coefficient (Wildman–Crippen LogP) is 15.0. The monoisotopic (exact) mass is 1020 g/mol. The Kier molecular flexibility index (Phi) is 11.3. The van der Waals surface area contributed by atoms with Crippen molar-refractivity contribution >= 4 is 77.5 Å². The zero-order valence-corrected chi connectivity index (χ0v) is 38.9. The summed E-state index contributed by atoms with van der Waals surface area (Å²) in [5, 5.41) is 8.27. The Hall–Kier alpha value is -6.08. The molecule has 0 aliphatic carbocycles. The Labute approximate surface area is 379 Å². The molecule has 0 saturated heterocycles. The van der Waals surface area contributed by atoms with Crippen molar-refractivity contribution in [1.29, 1.82) is 0 Å². The summed E-state index contributed by atoms with van der Waals surface area (Å²) in [5.74, 6) is 0.00149. The van der Waals surface area contributed by atoms with Crippen LogP contribution in [0.3, 0.4) is 0 Å². The summed E-state index contributed by atoms with van der Waals surface area (Å²) in [6.07, 6.45) is 3.88. The smallest absolute Gasteiger partial charge is 0.126 e. The summed E-state index contributed by atoms with van der Waals surface area (Å²) in [7, 11) is -1.38. The molecule has 1 atom stereocenters. The van der Waals surface area contributed by atoms with E-state index in [2.05, 4.69) is 165 Å². The molecule has 0 fully saturated rings. The molecule has 7 heteroatoms.